The highest BCUT2D eigenvalue weighted by atomic mass is 32.2. The zero-order valence-corrected chi connectivity index (χ0v) is 18.9. The van der Waals surface area contributed by atoms with E-state index in [9.17, 15) is 13.2 Å². The van der Waals surface area contributed by atoms with E-state index < -0.39 is 10.0 Å². The number of sulfonamides is 1. The van der Waals surface area contributed by atoms with E-state index in [4.69, 9.17) is 4.98 Å². The molecule has 2 aromatic rings. The van der Waals surface area contributed by atoms with Crippen molar-refractivity contribution in [1.82, 2.24) is 14.2 Å². The number of aryl methyl sites for hydroxylation is 2. The number of piperazine rings is 1. The van der Waals surface area contributed by atoms with Gasteiger partial charge in [0.1, 0.15) is 0 Å². The third-order valence-electron chi connectivity index (χ3n) is 6.21. The summed E-state index contributed by atoms with van der Waals surface area (Å²) in [6.45, 7) is 8.07. The molecule has 0 atom stereocenters. The van der Waals surface area contributed by atoms with Crippen LogP contribution in [-0.4, -0.2) is 74.0 Å². The molecule has 0 N–H and O–H groups in total. The molecule has 29 heavy (non-hydrogen) atoms. The summed E-state index contributed by atoms with van der Waals surface area (Å²) in [5.41, 5.74) is 3.58. The second kappa shape index (κ2) is 7.85. The molecule has 4 rings (SSSR count). The topological polar surface area (TPSA) is 73.8 Å². The zero-order chi connectivity index (χ0) is 20.8. The molecule has 0 unspecified atom stereocenters. The van der Waals surface area contributed by atoms with Gasteiger partial charge < -0.3 is 9.80 Å². The third kappa shape index (κ3) is 4.13. The van der Waals surface area contributed by atoms with Crippen LogP contribution in [0.5, 0.6) is 0 Å². The summed E-state index contributed by atoms with van der Waals surface area (Å²) in [7, 11) is -3.16. The lowest BCUT2D eigenvalue weighted by Gasteiger charge is -2.38. The van der Waals surface area contributed by atoms with Crippen molar-refractivity contribution in [3.8, 4) is 0 Å². The van der Waals surface area contributed by atoms with Gasteiger partial charge in [0.25, 0.3) is 0 Å². The van der Waals surface area contributed by atoms with Gasteiger partial charge in [-0.3, -0.25) is 4.79 Å². The van der Waals surface area contributed by atoms with Gasteiger partial charge >= 0.3 is 0 Å². The number of piperidine rings is 1. The number of nitrogens with zero attached hydrogens (tertiary/aromatic N) is 4. The first-order valence-electron chi connectivity index (χ1n) is 10.1. The molecule has 1 amide bonds. The number of aromatic nitrogens is 1. The summed E-state index contributed by atoms with van der Waals surface area (Å²) in [5, 5.41) is 1.03. The molecule has 1 aromatic carbocycles. The molecule has 2 aliphatic rings. The zero-order valence-electron chi connectivity index (χ0n) is 17.2. The van der Waals surface area contributed by atoms with Crippen molar-refractivity contribution in [3.05, 3.63) is 23.3 Å². The highest BCUT2D eigenvalue weighted by Gasteiger charge is 2.33. The number of thiazole rings is 1. The lowest BCUT2D eigenvalue weighted by atomic mass is 9.96. The fraction of sp³-hybridized carbons (Fsp3) is 0.600. The van der Waals surface area contributed by atoms with Crippen molar-refractivity contribution in [2.45, 2.75) is 26.7 Å². The molecule has 0 saturated carbocycles. The van der Waals surface area contributed by atoms with Crippen LogP contribution in [0.15, 0.2) is 12.1 Å². The van der Waals surface area contributed by atoms with E-state index in [1.807, 2.05) is 4.90 Å². The second-order valence-electron chi connectivity index (χ2n) is 8.10. The van der Waals surface area contributed by atoms with E-state index in [0.717, 1.165) is 23.7 Å². The van der Waals surface area contributed by atoms with Crippen LogP contribution < -0.4 is 4.90 Å². The summed E-state index contributed by atoms with van der Waals surface area (Å²) < 4.78 is 26.0. The minimum atomic E-state index is -3.16. The van der Waals surface area contributed by atoms with Crippen molar-refractivity contribution in [3.63, 3.8) is 0 Å². The number of carbonyl (C=O) groups excluding carboxylic acids is 1. The molecule has 0 bridgehead atoms. The summed E-state index contributed by atoms with van der Waals surface area (Å²) in [4.78, 5) is 22.0. The second-order valence-corrected chi connectivity index (χ2v) is 11.1. The van der Waals surface area contributed by atoms with Crippen LogP contribution >= 0.6 is 11.3 Å². The van der Waals surface area contributed by atoms with Crippen molar-refractivity contribution in [1.29, 1.82) is 0 Å². The van der Waals surface area contributed by atoms with E-state index >= 15 is 0 Å². The molecule has 2 saturated heterocycles. The summed E-state index contributed by atoms with van der Waals surface area (Å²) in [6, 6.07) is 4.28. The van der Waals surface area contributed by atoms with Gasteiger partial charge in [0.15, 0.2) is 5.13 Å². The van der Waals surface area contributed by atoms with Gasteiger partial charge in [0.05, 0.1) is 16.5 Å². The standard InChI is InChI=1S/C20H28N4O3S2/c1-14-4-5-17-18(15(14)2)21-20(28-17)23-12-10-22(11-13-23)19(25)16-6-8-24(9-7-16)29(3,26)27/h4-5,16H,6-13H2,1-3H3. The van der Waals surface area contributed by atoms with E-state index in [2.05, 4.69) is 30.9 Å². The Labute approximate surface area is 176 Å². The van der Waals surface area contributed by atoms with Crippen LogP contribution in [0.3, 0.4) is 0 Å². The largest absolute Gasteiger partial charge is 0.345 e. The molecule has 0 spiro atoms. The van der Waals surface area contributed by atoms with Gasteiger partial charge in [0, 0.05) is 45.2 Å². The Bertz CT molecular complexity index is 1020. The molecule has 158 valence electrons. The first-order chi connectivity index (χ1) is 13.7. The molecule has 0 aliphatic carbocycles. The number of hydrogen-bond donors (Lipinski definition) is 0. The van der Waals surface area contributed by atoms with E-state index in [1.54, 1.807) is 11.3 Å². The summed E-state index contributed by atoms with van der Waals surface area (Å²) >= 11 is 1.72. The van der Waals surface area contributed by atoms with Crippen LogP contribution in [0.4, 0.5) is 5.13 Å². The SMILES string of the molecule is Cc1ccc2sc(N3CCN(C(=O)C4CCN(S(C)(=O)=O)CC4)CC3)nc2c1C. The van der Waals surface area contributed by atoms with Crippen LogP contribution in [-0.2, 0) is 14.8 Å². The lowest BCUT2D eigenvalue weighted by Crippen LogP contribution is -2.52. The van der Waals surface area contributed by atoms with Gasteiger partial charge in [0.2, 0.25) is 15.9 Å². The fourth-order valence-corrected chi connectivity index (χ4v) is 6.11. The van der Waals surface area contributed by atoms with Crippen LogP contribution in [0.2, 0.25) is 0 Å². The predicted molar refractivity (Wildman–Crippen MR) is 117 cm³/mol. The number of fused-ring (bicyclic) bond motifs is 1. The Morgan fingerprint density at radius 1 is 1.07 bits per heavy atom. The number of benzene rings is 1. The minimum absolute atomic E-state index is 0.0624. The first kappa shape index (κ1) is 20.6. The monoisotopic (exact) mass is 436 g/mol. The van der Waals surface area contributed by atoms with Crippen molar-refractivity contribution in [2.24, 2.45) is 5.92 Å². The lowest BCUT2D eigenvalue weighted by molar-refractivity contribution is -0.137. The summed E-state index contributed by atoms with van der Waals surface area (Å²) in [5.74, 6) is 0.112. The van der Waals surface area contributed by atoms with Crippen molar-refractivity contribution in [2.75, 3.05) is 50.4 Å². The minimum Gasteiger partial charge on any atom is -0.345 e. The van der Waals surface area contributed by atoms with Crippen LogP contribution in [0.25, 0.3) is 10.2 Å². The van der Waals surface area contributed by atoms with E-state index in [-0.39, 0.29) is 11.8 Å². The molecular formula is C20H28N4O3S2. The quantitative estimate of drug-likeness (QED) is 0.738. The Morgan fingerprint density at radius 2 is 1.72 bits per heavy atom. The average Bonchev–Trinajstić information content (AvgIpc) is 3.15. The molecule has 0 radical (unpaired) electrons. The Hall–Kier alpha value is -1.71. The maximum Gasteiger partial charge on any atom is 0.225 e. The maximum absolute atomic E-state index is 12.9. The summed E-state index contributed by atoms with van der Waals surface area (Å²) in [6.07, 6.45) is 2.46. The number of hydrogen-bond acceptors (Lipinski definition) is 6. The van der Waals surface area contributed by atoms with Gasteiger partial charge in [-0.25, -0.2) is 17.7 Å². The molecule has 7 nitrogen and oxygen atoms in total. The Balaban J connectivity index is 1.36. The van der Waals surface area contributed by atoms with Gasteiger partial charge in [-0.1, -0.05) is 17.4 Å². The maximum atomic E-state index is 12.9. The number of anilines is 1. The number of rotatable bonds is 3. The number of amides is 1. The van der Waals surface area contributed by atoms with Crippen molar-refractivity contribution >= 4 is 42.6 Å². The highest BCUT2D eigenvalue weighted by molar-refractivity contribution is 7.88. The molecular weight excluding hydrogens is 408 g/mol. The molecule has 9 heteroatoms. The molecule has 2 fully saturated rings. The van der Waals surface area contributed by atoms with Gasteiger partial charge in [-0.2, -0.15) is 0 Å². The predicted octanol–water partition coefficient (Wildman–Crippen LogP) is 2.23. The van der Waals surface area contributed by atoms with E-state index in [1.165, 1.54) is 26.4 Å². The normalized spacial score (nSPS) is 19.8. The smallest absolute Gasteiger partial charge is 0.225 e. The Morgan fingerprint density at radius 3 is 2.34 bits per heavy atom. The molecule has 3 heterocycles. The molecule has 1 aromatic heterocycles. The Kier molecular flexibility index (Phi) is 5.56. The molecule has 2 aliphatic heterocycles. The van der Waals surface area contributed by atoms with Gasteiger partial charge in [-0.05, 0) is 43.9 Å². The van der Waals surface area contributed by atoms with E-state index in [0.29, 0.717) is 39.0 Å². The van der Waals surface area contributed by atoms with Crippen LogP contribution in [0.1, 0.15) is 24.0 Å². The first-order valence-corrected chi connectivity index (χ1v) is 12.8. The van der Waals surface area contributed by atoms with Crippen molar-refractivity contribution < 1.29 is 13.2 Å². The average molecular weight is 437 g/mol. The van der Waals surface area contributed by atoms with Gasteiger partial charge in [-0.15, -0.1) is 0 Å². The highest BCUT2D eigenvalue weighted by Crippen LogP contribution is 2.32. The number of carbonyl (C=O) groups is 1. The third-order valence-corrected chi connectivity index (χ3v) is 8.59. The van der Waals surface area contributed by atoms with Crippen LogP contribution in [0, 0.1) is 19.8 Å². The fourth-order valence-electron chi connectivity index (χ4n) is 4.16.